The number of rotatable bonds is 5. The standard InChI is InChI=1S/C15H24N2O4S.C2HF3O2/c1-3-12-4-5-13(21-12)7-17-6-11-9-20-10-15(14(11)8-17)16-22(2,18)19;3-2(4,5)1(6)7/h4-5,11,14-16H,3,6-10H2,1-2H3;(H,6,7)/t11-,14-,15-;/m1./s1. The lowest BCUT2D eigenvalue weighted by Crippen LogP contribution is -2.49. The number of carboxylic acids is 1. The second kappa shape index (κ2) is 9.45. The van der Waals surface area contributed by atoms with E-state index in [0.717, 1.165) is 37.6 Å². The molecule has 0 aliphatic carbocycles. The van der Waals surface area contributed by atoms with Gasteiger partial charge < -0.3 is 14.3 Å². The number of furan rings is 1. The Bertz CT molecular complexity index is 795. The Kier molecular flexibility index (Phi) is 7.71. The van der Waals surface area contributed by atoms with Gasteiger partial charge in [0.05, 0.1) is 26.0 Å². The van der Waals surface area contributed by atoms with E-state index in [4.69, 9.17) is 19.1 Å². The van der Waals surface area contributed by atoms with Gasteiger partial charge >= 0.3 is 12.1 Å². The summed E-state index contributed by atoms with van der Waals surface area (Å²) in [5.41, 5.74) is 0. The van der Waals surface area contributed by atoms with Crippen molar-refractivity contribution < 1.29 is 40.6 Å². The average molecular weight is 442 g/mol. The summed E-state index contributed by atoms with van der Waals surface area (Å²) in [7, 11) is -3.21. The number of fused-ring (bicyclic) bond motifs is 1. The number of ether oxygens (including phenoxy) is 1. The van der Waals surface area contributed by atoms with E-state index in [0.29, 0.717) is 25.0 Å². The molecule has 2 aliphatic rings. The Labute approximate surface area is 167 Å². The normalized spacial score (nSPS) is 25.2. The Morgan fingerprint density at radius 2 is 1.90 bits per heavy atom. The molecule has 12 heteroatoms. The molecule has 8 nitrogen and oxygen atoms in total. The fourth-order valence-corrected chi connectivity index (χ4v) is 4.33. The molecule has 1 aromatic heterocycles. The summed E-state index contributed by atoms with van der Waals surface area (Å²) in [5, 5.41) is 7.12. The maximum absolute atomic E-state index is 11.5. The number of nitrogens with zero attached hydrogens (tertiary/aromatic N) is 1. The summed E-state index contributed by atoms with van der Waals surface area (Å²) in [6.45, 7) is 5.83. The molecule has 2 aliphatic heterocycles. The predicted octanol–water partition coefficient (Wildman–Crippen LogP) is 1.47. The van der Waals surface area contributed by atoms with Gasteiger partial charge in [-0.3, -0.25) is 4.90 Å². The lowest BCUT2D eigenvalue weighted by atomic mass is 9.88. The van der Waals surface area contributed by atoms with Crippen LogP contribution in [0.15, 0.2) is 16.5 Å². The third-order valence-electron chi connectivity index (χ3n) is 4.77. The number of likely N-dealkylation sites (tertiary alicyclic amines) is 1. The topological polar surface area (TPSA) is 109 Å². The van der Waals surface area contributed by atoms with E-state index in [1.165, 1.54) is 6.26 Å². The molecule has 3 heterocycles. The molecule has 0 aromatic carbocycles. The van der Waals surface area contributed by atoms with E-state index in [2.05, 4.69) is 16.5 Å². The van der Waals surface area contributed by atoms with Crippen molar-refractivity contribution in [3.63, 3.8) is 0 Å². The highest BCUT2D eigenvalue weighted by molar-refractivity contribution is 7.88. The second-order valence-electron chi connectivity index (χ2n) is 7.18. The quantitative estimate of drug-likeness (QED) is 0.711. The minimum atomic E-state index is -5.08. The van der Waals surface area contributed by atoms with Crippen LogP contribution >= 0.6 is 0 Å². The lowest BCUT2D eigenvalue weighted by molar-refractivity contribution is -0.192. The minimum Gasteiger partial charge on any atom is -0.475 e. The zero-order valence-corrected chi connectivity index (χ0v) is 16.9. The number of alkyl halides is 3. The SMILES string of the molecule is CCc1ccc(CN2C[C@@H]3COC[C@@H](NS(C)(=O)=O)[C@@H]3C2)o1.O=C(O)C(F)(F)F. The van der Waals surface area contributed by atoms with Crippen molar-refractivity contribution in [2.75, 3.05) is 32.6 Å². The van der Waals surface area contributed by atoms with E-state index in [1.807, 2.05) is 12.1 Å². The maximum Gasteiger partial charge on any atom is 0.490 e. The van der Waals surface area contributed by atoms with Crippen LogP contribution in [-0.4, -0.2) is 69.2 Å². The van der Waals surface area contributed by atoms with Gasteiger partial charge in [-0.2, -0.15) is 13.2 Å². The van der Waals surface area contributed by atoms with Crippen LogP contribution in [0, 0.1) is 11.8 Å². The molecule has 3 atom stereocenters. The number of hydrogen-bond acceptors (Lipinski definition) is 6. The van der Waals surface area contributed by atoms with Gasteiger partial charge in [-0.15, -0.1) is 0 Å². The van der Waals surface area contributed by atoms with Crippen molar-refractivity contribution in [3.8, 4) is 0 Å². The highest BCUT2D eigenvalue weighted by Crippen LogP contribution is 2.31. The lowest BCUT2D eigenvalue weighted by Gasteiger charge is -2.32. The number of aliphatic carboxylic acids is 1. The Morgan fingerprint density at radius 1 is 1.28 bits per heavy atom. The number of nitrogens with one attached hydrogen (secondary N) is 1. The maximum atomic E-state index is 11.5. The summed E-state index contributed by atoms with van der Waals surface area (Å²) in [5.74, 6) is -0.0826. The molecule has 0 amide bonds. The molecule has 0 bridgehead atoms. The van der Waals surface area contributed by atoms with E-state index in [1.54, 1.807) is 0 Å². The second-order valence-corrected chi connectivity index (χ2v) is 8.96. The fraction of sp³-hybridized carbons (Fsp3) is 0.706. The van der Waals surface area contributed by atoms with Gasteiger partial charge in [0.1, 0.15) is 11.5 Å². The molecule has 0 spiro atoms. The Hall–Kier alpha value is -1.63. The van der Waals surface area contributed by atoms with Gasteiger partial charge in [0.15, 0.2) is 0 Å². The van der Waals surface area contributed by atoms with Crippen LogP contribution in [0.3, 0.4) is 0 Å². The summed E-state index contributed by atoms with van der Waals surface area (Å²) in [6.07, 6.45) is -2.97. The van der Waals surface area contributed by atoms with Crippen LogP contribution in [0.2, 0.25) is 0 Å². The predicted molar refractivity (Wildman–Crippen MR) is 96.6 cm³/mol. The van der Waals surface area contributed by atoms with E-state index >= 15 is 0 Å². The molecule has 0 radical (unpaired) electrons. The molecule has 2 N–H and O–H groups in total. The van der Waals surface area contributed by atoms with Gasteiger partial charge in [-0.25, -0.2) is 17.9 Å². The molecule has 0 saturated carbocycles. The van der Waals surface area contributed by atoms with Crippen LogP contribution < -0.4 is 4.72 Å². The summed E-state index contributed by atoms with van der Waals surface area (Å²) < 4.78 is 68.8. The third-order valence-corrected chi connectivity index (χ3v) is 5.50. The number of carboxylic acid groups (broad SMARTS) is 1. The molecule has 166 valence electrons. The van der Waals surface area contributed by atoms with E-state index in [-0.39, 0.29) is 6.04 Å². The Morgan fingerprint density at radius 3 is 2.41 bits per heavy atom. The van der Waals surface area contributed by atoms with Gasteiger partial charge in [0.2, 0.25) is 10.0 Å². The van der Waals surface area contributed by atoms with Crippen molar-refractivity contribution in [3.05, 3.63) is 23.7 Å². The van der Waals surface area contributed by atoms with Crippen molar-refractivity contribution in [1.82, 2.24) is 9.62 Å². The minimum absolute atomic E-state index is 0.124. The Balaban J connectivity index is 0.000000370. The van der Waals surface area contributed by atoms with Crippen molar-refractivity contribution in [2.24, 2.45) is 11.8 Å². The molecule has 2 fully saturated rings. The number of sulfonamides is 1. The zero-order chi connectivity index (χ0) is 21.8. The van der Waals surface area contributed by atoms with Gasteiger partial charge in [-0.1, -0.05) is 6.92 Å². The first-order valence-electron chi connectivity index (χ1n) is 9.04. The summed E-state index contributed by atoms with van der Waals surface area (Å²) in [4.78, 5) is 11.2. The largest absolute Gasteiger partial charge is 0.490 e. The molecular weight excluding hydrogens is 417 g/mol. The first-order chi connectivity index (χ1) is 13.4. The number of halogens is 3. The number of aryl methyl sites for hydroxylation is 1. The molecule has 0 unspecified atom stereocenters. The number of carbonyl (C=O) groups is 1. The van der Waals surface area contributed by atoms with Crippen LogP contribution in [0.4, 0.5) is 13.2 Å². The highest BCUT2D eigenvalue weighted by Gasteiger charge is 2.42. The van der Waals surface area contributed by atoms with Crippen LogP contribution in [0.5, 0.6) is 0 Å². The van der Waals surface area contributed by atoms with E-state index in [9.17, 15) is 21.6 Å². The van der Waals surface area contributed by atoms with Crippen LogP contribution in [0.1, 0.15) is 18.4 Å². The highest BCUT2D eigenvalue weighted by atomic mass is 32.2. The van der Waals surface area contributed by atoms with Gasteiger partial charge in [-0.05, 0) is 18.1 Å². The van der Waals surface area contributed by atoms with Gasteiger partial charge in [0, 0.05) is 31.5 Å². The molecular formula is C17H25F3N2O6S. The summed E-state index contributed by atoms with van der Waals surface area (Å²) in [6, 6.07) is 3.93. The molecule has 3 rings (SSSR count). The first kappa shape index (κ1) is 23.6. The van der Waals surface area contributed by atoms with Gasteiger partial charge in [0.25, 0.3) is 0 Å². The fourth-order valence-electron chi connectivity index (χ4n) is 3.53. The van der Waals surface area contributed by atoms with E-state index < -0.39 is 22.2 Å². The third kappa shape index (κ3) is 7.28. The van der Waals surface area contributed by atoms with Crippen LogP contribution in [-0.2, 0) is 32.5 Å². The zero-order valence-electron chi connectivity index (χ0n) is 16.1. The monoisotopic (exact) mass is 442 g/mol. The smallest absolute Gasteiger partial charge is 0.475 e. The van der Waals surface area contributed by atoms with Crippen molar-refractivity contribution in [2.45, 2.75) is 32.1 Å². The van der Waals surface area contributed by atoms with Crippen LogP contribution in [0.25, 0.3) is 0 Å². The first-order valence-corrected chi connectivity index (χ1v) is 10.9. The number of hydrogen-bond donors (Lipinski definition) is 2. The average Bonchev–Trinajstić information content (AvgIpc) is 3.20. The van der Waals surface area contributed by atoms with Crippen molar-refractivity contribution >= 4 is 16.0 Å². The molecule has 29 heavy (non-hydrogen) atoms. The molecule has 1 aromatic rings. The molecule has 2 saturated heterocycles. The summed E-state index contributed by atoms with van der Waals surface area (Å²) >= 11 is 0. The van der Waals surface area contributed by atoms with Crippen molar-refractivity contribution in [1.29, 1.82) is 0 Å².